The lowest BCUT2D eigenvalue weighted by Crippen LogP contribution is -2.46. The first-order valence-corrected chi connectivity index (χ1v) is 11.0. The molecule has 0 bridgehead atoms. The minimum absolute atomic E-state index is 0.0355. The van der Waals surface area contributed by atoms with Gasteiger partial charge in [0.1, 0.15) is 5.78 Å². The van der Waals surface area contributed by atoms with Crippen molar-refractivity contribution in [3.05, 3.63) is 23.3 Å². The maximum absolute atomic E-state index is 12.5. The van der Waals surface area contributed by atoms with Gasteiger partial charge in [-0.15, -0.1) is 0 Å². The minimum Gasteiger partial charge on any atom is -0.299 e. The number of ketones is 2. The molecule has 3 nitrogen and oxygen atoms in total. The molecule has 4 atom stereocenters. The summed E-state index contributed by atoms with van der Waals surface area (Å²) < 4.78 is 0. The molecule has 0 radical (unpaired) electrons. The van der Waals surface area contributed by atoms with Crippen molar-refractivity contribution in [1.82, 2.24) is 0 Å². The van der Waals surface area contributed by atoms with Gasteiger partial charge in [0.05, 0.1) is 0 Å². The van der Waals surface area contributed by atoms with Gasteiger partial charge in [0, 0.05) is 36.3 Å². The van der Waals surface area contributed by atoms with Crippen molar-refractivity contribution >= 4 is 28.4 Å². The molecule has 0 N–H and O–H groups in total. The monoisotopic (exact) mass is 372 g/mol. The highest BCUT2D eigenvalue weighted by Gasteiger charge is 2.56. The summed E-state index contributed by atoms with van der Waals surface area (Å²) in [6, 6.07) is 0. The van der Waals surface area contributed by atoms with E-state index < -0.39 is 0 Å². The molecule has 26 heavy (non-hydrogen) atoms. The topological polar surface area (TPSA) is 51.2 Å². The number of carbonyl (C=O) groups is 3. The molecule has 0 amide bonds. The lowest BCUT2D eigenvalue weighted by Gasteiger charge is -2.53. The second-order valence-corrected chi connectivity index (χ2v) is 10.1. The Balaban J connectivity index is 1.72. The predicted molar refractivity (Wildman–Crippen MR) is 104 cm³/mol. The highest BCUT2D eigenvalue weighted by Crippen LogP contribution is 2.63. The Morgan fingerprint density at radius 3 is 2.81 bits per heavy atom. The van der Waals surface area contributed by atoms with Gasteiger partial charge in [0.25, 0.3) is 0 Å². The van der Waals surface area contributed by atoms with Crippen LogP contribution in [0.1, 0.15) is 65.2 Å². The second-order valence-electron chi connectivity index (χ2n) is 8.80. The average molecular weight is 373 g/mol. The predicted octanol–water partition coefficient (Wildman–Crippen LogP) is 4.66. The number of rotatable bonds is 3. The van der Waals surface area contributed by atoms with Crippen molar-refractivity contribution in [3.63, 3.8) is 0 Å². The summed E-state index contributed by atoms with van der Waals surface area (Å²) in [6.07, 6.45) is 11.4. The zero-order valence-electron chi connectivity index (χ0n) is 15.8. The number of hydrogen-bond acceptors (Lipinski definition) is 4. The highest BCUT2D eigenvalue weighted by molar-refractivity contribution is 8.13. The first-order chi connectivity index (χ1) is 12.4. The lowest BCUT2D eigenvalue weighted by atomic mass is 9.50. The Hall–Kier alpha value is -1.16. The normalized spacial score (nSPS) is 38.8. The summed E-state index contributed by atoms with van der Waals surface area (Å²) in [5.74, 6) is 2.45. The van der Waals surface area contributed by atoms with Crippen LogP contribution in [0.4, 0.5) is 0 Å². The van der Waals surface area contributed by atoms with Crippen molar-refractivity contribution in [2.75, 3.05) is 5.75 Å². The first kappa shape index (κ1) is 18.2. The van der Waals surface area contributed by atoms with Gasteiger partial charge in [-0.25, -0.2) is 0 Å². The van der Waals surface area contributed by atoms with Crippen LogP contribution in [-0.2, 0) is 14.4 Å². The molecule has 0 aliphatic heterocycles. The van der Waals surface area contributed by atoms with Crippen molar-refractivity contribution in [2.45, 2.75) is 65.2 Å². The van der Waals surface area contributed by atoms with Crippen LogP contribution in [0.2, 0.25) is 0 Å². The molecule has 4 aliphatic carbocycles. The van der Waals surface area contributed by atoms with E-state index in [2.05, 4.69) is 13.0 Å². The van der Waals surface area contributed by atoms with Crippen molar-refractivity contribution in [3.8, 4) is 0 Å². The molecule has 4 rings (SSSR count). The largest absolute Gasteiger partial charge is 0.299 e. The summed E-state index contributed by atoms with van der Waals surface area (Å²) in [5.41, 5.74) is 2.60. The zero-order chi connectivity index (χ0) is 18.5. The summed E-state index contributed by atoms with van der Waals surface area (Å²) in [5, 5.41) is 0.165. The Morgan fingerprint density at radius 1 is 1.23 bits per heavy atom. The van der Waals surface area contributed by atoms with Crippen LogP contribution in [0, 0.1) is 22.7 Å². The van der Waals surface area contributed by atoms with E-state index in [-0.39, 0.29) is 21.7 Å². The highest BCUT2D eigenvalue weighted by atomic mass is 32.2. The van der Waals surface area contributed by atoms with Gasteiger partial charge in [-0.05, 0) is 56.4 Å². The molecular formula is C22H28O3S. The van der Waals surface area contributed by atoms with E-state index in [1.165, 1.54) is 22.9 Å². The van der Waals surface area contributed by atoms with E-state index in [1.54, 1.807) is 6.92 Å². The molecule has 0 aromatic carbocycles. The summed E-state index contributed by atoms with van der Waals surface area (Å²) in [6.45, 7) is 3.80. The molecular weight excluding hydrogens is 344 g/mol. The molecule has 140 valence electrons. The molecule has 4 heteroatoms. The molecule has 2 saturated carbocycles. The zero-order valence-corrected chi connectivity index (χ0v) is 16.6. The van der Waals surface area contributed by atoms with Gasteiger partial charge in [0.2, 0.25) is 0 Å². The first-order valence-electron chi connectivity index (χ1n) is 9.98. The quantitative estimate of drug-likeness (QED) is 0.676. The number of carbonyl (C=O) groups excluding carboxylic acids is 3. The standard InChI is InChI=1S/C22H28O3S/c1-14(23)26-12-11-22-10-7-16(24)13-15(22)3-4-17-18-5-6-20(25)21(18,2)9-8-19(17)22/h8,13,17-18H,3-7,9-12H2,1-2H3/t17?,18?,21-,22+/m0/s1. The fourth-order valence-electron chi connectivity index (χ4n) is 6.26. The van der Waals surface area contributed by atoms with Gasteiger partial charge in [-0.1, -0.05) is 35.9 Å². The molecule has 0 saturated heterocycles. The maximum atomic E-state index is 12.5. The minimum atomic E-state index is -0.171. The van der Waals surface area contributed by atoms with Gasteiger partial charge in [-0.3, -0.25) is 14.4 Å². The molecule has 0 aromatic heterocycles. The SMILES string of the molecule is CC(=O)SCC[C@]12CCC(=O)C=C1CCC1C2=CC[C@]2(C)C(=O)CCC12. The Kier molecular flexibility index (Phi) is 4.53. The maximum Gasteiger partial charge on any atom is 0.185 e. The van der Waals surface area contributed by atoms with Crippen LogP contribution < -0.4 is 0 Å². The van der Waals surface area contributed by atoms with Gasteiger partial charge in [0.15, 0.2) is 10.9 Å². The molecule has 0 heterocycles. The van der Waals surface area contributed by atoms with Crippen LogP contribution >= 0.6 is 11.8 Å². The third-order valence-corrected chi connectivity index (χ3v) is 8.44. The third kappa shape index (κ3) is 2.67. The smallest absolute Gasteiger partial charge is 0.185 e. The number of hydrogen-bond donors (Lipinski definition) is 0. The number of fused-ring (bicyclic) bond motifs is 5. The molecule has 2 fully saturated rings. The Morgan fingerprint density at radius 2 is 2.04 bits per heavy atom. The number of thioether (sulfide) groups is 1. The van der Waals surface area contributed by atoms with Crippen LogP contribution in [-0.4, -0.2) is 22.4 Å². The Labute approximate surface area is 160 Å². The molecule has 4 aliphatic rings. The molecule has 0 spiro atoms. The van der Waals surface area contributed by atoms with E-state index in [1.807, 2.05) is 6.08 Å². The fourth-order valence-corrected chi connectivity index (χ4v) is 7.00. The number of Topliss-reactive ketones (excluding diaryl/α,β-unsaturated/α-hetero) is 1. The fraction of sp³-hybridized carbons (Fsp3) is 0.682. The molecule has 2 unspecified atom stereocenters. The van der Waals surface area contributed by atoms with Crippen LogP contribution in [0.15, 0.2) is 23.3 Å². The van der Waals surface area contributed by atoms with Crippen LogP contribution in [0.5, 0.6) is 0 Å². The van der Waals surface area contributed by atoms with Crippen LogP contribution in [0.25, 0.3) is 0 Å². The van der Waals surface area contributed by atoms with E-state index in [0.29, 0.717) is 24.0 Å². The van der Waals surface area contributed by atoms with E-state index in [0.717, 1.165) is 50.7 Å². The third-order valence-electron chi connectivity index (χ3n) is 7.63. The van der Waals surface area contributed by atoms with Crippen molar-refractivity contribution < 1.29 is 14.4 Å². The summed E-state index contributed by atoms with van der Waals surface area (Å²) in [4.78, 5) is 36.1. The summed E-state index contributed by atoms with van der Waals surface area (Å²) in [7, 11) is 0. The van der Waals surface area contributed by atoms with Gasteiger partial charge in [-0.2, -0.15) is 0 Å². The molecule has 0 aromatic rings. The second kappa shape index (κ2) is 6.47. The van der Waals surface area contributed by atoms with Gasteiger partial charge >= 0.3 is 0 Å². The van der Waals surface area contributed by atoms with Gasteiger partial charge < -0.3 is 0 Å². The van der Waals surface area contributed by atoms with E-state index in [4.69, 9.17) is 0 Å². The van der Waals surface area contributed by atoms with E-state index >= 15 is 0 Å². The van der Waals surface area contributed by atoms with Crippen molar-refractivity contribution in [1.29, 1.82) is 0 Å². The van der Waals surface area contributed by atoms with E-state index in [9.17, 15) is 14.4 Å². The lowest BCUT2D eigenvalue weighted by molar-refractivity contribution is -0.127. The van der Waals surface area contributed by atoms with Crippen molar-refractivity contribution in [2.24, 2.45) is 22.7 Å². The van der Waals surface area contributed by atoms with Crippen LogP contribution in [0.3, 0.4) is 0 Å². The number of allylic oxidation sites excluding steroid dienone is 4. The Bertz CT molecular complexity index is 734. The summed E-state index contributed by atoms with van der Waals surface area (Å²) >= 11 is 1.40. The average Bonchev–Trinajstić information content (AvgIpc) is 2.90.